The van der Waals surface area contributed by atoms with E-state index >= 15 is 0 Å². The third kappa shape index (κ3) is 1.19. The molecule has 66 valence electrons. The van der Waals surface area contributed by atoms with Gasteiger partial charge in [-0.15, -0.1) is 0 Å². The molecule has 0 aliphatic heterocycles. The SMILES string of the molecule is CCC1C(N)CC1c1ccsc1. The van der Waals surface area contributed by atoms with Crippen LogP contribution in [0.1, 0.15) is 31.2 Å². The van der Waals surface area contributed by atoms with E-state index < -0.39 is 0 Å². The van der Waals surface area contributed by atoms with Gasteiger partial charge in [0.2, 0.25) is 0 Å². The molecule has 0 spiro atoms. The van der Waals surface area contributed by atoms with Crippen LogP contribution >= 0.6 is 11.3 Å². The first-order valence-electron chi connectivity index (χ1n) is 4.60. The number of nitrogens with two attached hydrogens (primary N) is 1. The van der Waals surface area contributed by atoms with E-state index in [-0.39, 0.29) is 0 Å². The normalized spacial score (nSPS) is 34.7. The van der Waals surface area contributed by atoms with Gasteiger partial charge in [0.05, 0.1) is 0 Å². The Hall–Kier alpha value is -0.340. The largest absolute Gasteiger partial charge is 0.327 e. The van der Waals surface area contributed by atoms with Crippen LogP contribution in [0.4, 0.5) is 0 Å². The van der Waals surface area contributed by atoms with E-state index in [1.165, 1.54) is 18.4 Å². The van der Waals surface area contributed by atoms with Crippen LogP contribution in [0.2, 0.25) is 0 Å². The number of hydrogen-bond acceptors (Lipinski definition) is 2. The van der Waals surface area contributed by atoms with Gasteiger partial charge in [-0.05, 0) is 40.6 Å². The van der Waals surface area contributed by atoms with Crippen LogP contribution in [0.3, 0.4) is 0 Å². The second-order valence-corrected chi connectivity index (χ2v) is 4.41. The Bertz CT molecular complexity index is 242. The minimum Gasteiger partial charge on any atom is -0.327 e. The monoisotopic (exact) mass is 181 g/mol. The van der Waals surface area contributed by atoms with E-state index in [9.17, 15) is 0 Å². The standard InChI is InChI=1S/C10H15NS/c1-2-8-9(5-10(8)11)7-3-4-12-6-7/h3-4,6,8-10H,2,5,11H2,1H3. The van der Waals surface area contributed by atoms with Crippen LogP contribution in [0.25, 0.3) is 0 Å². The van der Waals surface area contributed by atoms with Crippen molar-refractivity contribution in [3.8, 4) is 0 Å². The van der Waals surface area contributed by atoms with Gasteiger partial charge in [-0.3, -0.25) is 0 Å². The Labute approximate surface area is 77.6 Å². The predicted molar refractivity (Wildman–Crippen MR) is 53.4 cm³/mol. The molecule has 1 saturated carbocycles. The maximum Gasteiger partial charge on any atom is 0.00788 e. The lowest BCUT2D eigenvalue weighted by Crippen LogP contribution is -2.45. The molecule has 1 fully saturated rings. The van der Waals surface area contributed by atoms with Crippen molar-refractivity contribution >= 4 is 11.3 Å². The van der Waals surface area contributed by atoms with Crippen molar-refractivity contribution in [3.63, 3.8) is 0 Å². The van der Waals surface area contributed by atoms with Gasteiger partial charge in [-0.25, -0.2) is 0 Å². The molecule has 1 nitrogen and oxygen atoms in total. The Kier molecular flexibility index (Phi) is 2.20. The summed E-state index contributed by atoms with van der Waals surface area (Å²) in [6.45, 7) is 2.24. The average molecular weight is 181 g/mol. The van der Waals surface area contributed by atoms with E-state index in [4.69, 9.17) is 5.73 Å². The fourth-order valence-corrected chi connectivity index (χ4v) is 2.93. The predicted octanol–water partition coefficient (Wildman–Crippen LogP) is 2.59. The topological polar surface area (TPSA) is 26.0 Å². The van der Waals surface area contributed by atoms with Gasteiger partial charge < -0.3 is 5.73 Å². The van der Waals surface area contributed by atoms with Gasteiger partial charge in [-0.1, -0.05) is 13.3 Å². The van der Waals surface area contributed by atoms with Gasteiger partial charge in [-0.2, -0.15) is 11.3 Å². The molecule has 1 aliphatic rings. The Morgan fingerprint density at radius 1 is 1.67 bits per heavy atom. The zero-order valence-corrected chi connectivity index (χ0v) is 8.18. The Morgan fingerprint density at radius 3 is 3.00 bits per heavy atom. The second-order valence-electron chi connectivity index (χ2n) is 3.63. The molecular formula is C10H15NS. The highest BCUT2D eigenvalue weighted by molar-refractivity contribution is 7.07. The molecule has 0 radical (unpaired) electrons. The van der Waals surface area contributed by atoms with Crippen LogP contribution in [0, 0.1) is 5.92 Å². The number of hydrogen-bond donors (Lipinski definition) is 1. The lowest BCUT2D eigenvalue weighted by molar-refractivity contribution is 0.199. The van der Waals surface area contributed by atoms with E-state index in [0.29, 0.717) is 6.04 Å². The van der Waals surface area contributed by atoms with Gasteiger partial charge >= 0.3 is 0 Å². The van der Waals surface area contributed by atoms with E-state index in [1.54, 1.807) is 11.3 Å². The van der Waals surface area contributed by atoms with E-state index in [0.717, 1.165) is 11.8 Å². The van der Waals surface area contributed by atoms with Crippen molar-refractivity contribution in [2.45, 2.75) is 31.7 Å². The second kappa shape index (κ2) is 3.19. The highest BCUT2D eigenvalue weighted by Crippen LogP contribution is 2.43. The summed E-state index contributed by atoms with van der Waals surface area (Å²) in [6.07, 6.45) is 2.41. The molecule has 3 unspecified atom stereocenters. The number of rotatable bonds is 2. The van der Waals surface area contributed by atoms with Crippen molar-refractivity contribution in [2.24, 2.45) is 11.7 Å². The summed E-state index contributed by atoms with van der Waals surface area (Å²) in [4.78, 5) is 0. The summed E-state index contributed by atoms with van der Waals surface area (Å²) >= 11 is 1.79. The summed E-state index contributed by atoms with van der Waals surface area (Å²) in [5.41, 5.74) is 7.44. The molecule has 0 saturated heterocycles. The molecule has 2 rings (SSSR count). The first kappa shape index (κ1) is 8.27. The summed E-state index contributed by atoms with van der Waals surface area (Å²) in [7, 11) is 0. The summed E-state index contributed by atoms with van der Waals surface area (Å²) in [5.74, 6) is 1.50. The molecule has 3 atom stereocenters. The first-order valence-corrected chi connectivity index (χ1v) is 5.55. The van der Waals surface area contributed by atoms with Crippen LogP contribution in [0.15, 0.2) is 16.8 Å². The quantitative estimate of drug-likeness (QED) is 0.745. The molecule has 12 heavy (non-hydrogen) atoms. The molecule has 1 aliphatic carbocycles. The van der Waals surface area contributed by atoms with Crippen molar-refractivity contribution in [1.82, 2.24) is 0 Å². The Balaban J connectivity index is 2.08. The highest BCUT2D eigenvalue weighted by Gasteiger charge is 2.37. The molecule has 1 aromatic rings. The van der Waals surface area contributed by atoms with Gasteiger partial charge in [0.1, 0.15) is 0 Å². The van der Waals surface area contributed by atoms with Crippen molar-refractivity contribution < 1.29 is 0 Å². The lowest BCUT2D eigenvalue weighted by Gasteiger charge is -2.42. The third-order valence-corrected chi connectivity index (χ3v) is 3.74. The summed E-state index contributed by atoms with van der Waals surface area (Å²) < 4.78 is 0. The van der Waals surface area contributed by atoms with Gasteiger partial charge in [0, 0.05) is 6.04 Å². The zero-order valence-electron chi connectivity index (χ0n) is 7.36. The summed E-state index contributed by atoms with van der Waals surface area (Å²) in [6, 6.07) is 2.70. The highest BCUT2D eigenvalue weighted by atomic mass is 32.1. The molecule has 1 aromatic heterocycles. The van der Waals surface area contributed by atoms with E-state index in [1.807, 2.05) is 0 Å². The van der Waals surface area contributed by atoms with Crippen molar-refractivity contribution in [2.75, 3.05) is 0 Å². The lowest BCUT2D eigenvalue weighted by atomic mass is 9.66. The van der Waals surface area contributed by atoms with E-state index in [2.05, 4.69) is 23.8 Å². The fraction of sp³-hybridized carbons (Fsp3) is 0.600. The zero-order chi connectivity index (χ0) is 8.55. The van der Waals surface area contributed by atoms with Crippen LogP contribution < -0.4 is 5.73 Å². The van der Waals surface area contributed by atoms with Gasteiger partial charge in [0.15, 0.2) is 0 Å². The summed E-state index contributed by atoms with van der Waals surface area (Å²) in [5, 5.41) is 4.42. The first-order chi connectivity index (χ1) is 5.83. The molecule has 0 aromatic carbocycles. The maximum absolute atomic E-state index is 5.93. The number of thiophene rings is 1. The third-order valence-electron chi connectivity index (χ3n) is 3.04. The molecule has 2 N–H and O–H groups in total. The molecular weight excluding hydrogens is 166 g/mol. The molecule has 1 heterocycles. The minimum absolute atomic E-state index is 0.458. The Morgan fingerprint density at radius 2 is 2.50 bits per heavy atom. The smallest absolute Gasteiger partial charge is 0.00788 e. The maximum atomic E-state index is 5.93. The average Bonchev–Trinajstić information content (AvgIpc) is 2.52. The van der Waals surface area contributed by atoms with Crippen LogP contribution in [-0.4, -0.2) is 6.04 Å². The minimum atomic E-state index is 0.458. The molecule has 0 bridgehead atoms. The van der Waals surface area contributed by atoms with Crippen LogP contribution in [-0.2, 0) is 0 Å². The van der Waals surface area contributed by atoms with Gasteiger partial charge in [0.25, 0.3) is 0 Å². The van der Waals surface area contributed by atoms with Crippen LogP contribution in [0.5, 0.6) is 0 Å². The molecule has 0 amide bonds. The fourth-order valence-electron chi connectivity index (χ4n) is 2.20. The molecule has 2 heteroatoms. The van der Waals surface area contributed by atoms with Crippen molar-refractivity contribution in [3.05, 3.63) is 22.4 Å². The van der Waals surface area contributed by atoms with Crippen molar-refractivity contribution in [1.29, 1.82) is 0 Å².